The van der Waals surface area contributed by atoms with Gasteiger partial charge in [-0.15, -0.1) is 0 Å². The number of hydrogen-bond donors (Lipinski definition) is 1. The van der Waals surface area contributed by atoms with Gasteiger partial charge in [0.15, 0.2) is 0 Å². The fourth-order valence-electron chi connectivity index (χ4n) is 1.26. The Labute approximate surface area is 107 Å². The Balaban J connectivity index is 2.58. The second-order valence-electron chi connectivity index (χ2n) is 3.49. The third-order valence-electron chi connectivity index (χ3n) is 2.20. The van der Waals surface area contributed by atoms with Crippen molar-refractivity contribution in [3.05, 3.63) is 25.9 Å². The molecule has 0 saturated carbocycles. The minimum atomic E-state index is -0.802. The highest BCUT2D eigenvalue weighted by Gasteiger charge is 2.05. The van der Waals surface area contributed by atoms with Crippen molar-refractivity contribution < 1.29 is 9.90 Å². The van der Waals surface area contributed by atoms with E-state index in [2.05, 4.69) is 4.98 Å². The zero-order chi connectivity index (χ0) is 12.1. The smallest absolute Gasteiger partial charge is 0.303 e. The molecule has 0 aliphatic rings. The molecule has 88 valence electrons. The Bertz CT molecular complexity index is 442. The zero-order valence-corrected chi connectivity index (χ0v) is 11.1. The van der Waals surface area contributed by atoms with Gasteiger partial charge in [-0.25, -0.2) is 4.98 Å². The van der Waals surface area contributed by atoms with Crippen LogP contribution in [0, 0.1) is 10.5 Å². The number of carboxylic acids is 1. The summed E-state index contributed by atoms with van der Waals surface area (Å²) in [6.07, 6.45) is 2.91. The second kappa shape index (κ2) is 5.97. The third kappa shape index (κ3) is 3.58. The topological polar surface area (TPSA) is 72.2 Å². The number of hydrogen-bond acceptors (Lipinski definition) is 3. The quantitative estimate of drug-likeness (QED) is 0.652. The van der Waals surface area contributed by atoms with Crippen LogP contribution in [0.5, 0.6) is 0 Å². The maximum Gasteiger partial charge on any atom is 0.303 e. The van der Waals surface area contributed by atoms with Crippen molar-refractivity contribution in [1.82, 2.24) is 9.55 Å². The largest absolute Gasteiger partial charge is 0.481 e. The van der Waals surface area contributed by atoms with Crippen LogP contribution in [0.3, 0.4) is 0 Å². The van der Waals surface area contributed by atoms with Crippen molar-refractivity contribution in [3.8, 4) is 0 Å². The fraction of sp³-hybridized carbons (Fsp3) is 0.500. The normalized spacial score (nSPS) is 10.4. The molecule has 1 aromatic rings. The molecule has 0 saturated heterocycles. The number of aliphatic carboxylic acids is 1. The highest BCUT2D eigenvalue weighted by Crippen LogP contribution is 2.03. The number of rotatable bonds is 5. The van der Waals surface area contributed by atoms with E-state index in [1.807, 2.05) is 22.6 Å². The standard InChI is InChI=1S/C10H13IN2O3/c1-7-9(11)10(16)13(6-12-7)5-3-2-4-8(14)15/h6H,2-5H2,1H3,(H,14,15). The van der Waals surface area contributed by atoms with Crippen LogP contribution in [0.2, 0.25) is 0 Å². The van der Waals surface area contributed by atoms with Gasteiger partial charge in [0.25, 0.3) is 5.56 Å². The van der Waals surface area contributed by atoms with Crippen LogP contribution in [-0.2, 0) is 11.3 Å². The van der Waals surface area contributed by atoms with E-state index in [9.17, 15) is 9.59 Å². The highest BCUT2D eigenvalue weighted by atomic mass is 127. The predicted octanol–water partition coefficient (Wildman–Crippen LogP) is 1.41. The molecule has 0 radical (unpaired) electrons. The average Bonchev–Trinajstić information content (AvgIpc) is 2.23. The molecule has 1 N–H and O–H groups in total. The molecule has 0 unspecified atom stereocenters. The summed E-state index contributed by atoms with van der Waals surface area (Å²) in [5.41, 5.74) is 0.677. The number of carboxylic acid groups (broad SMARTS) is 1. The summed E-state index contributed by atoms with van der Waals surface area (Å²) in [6.45, 7) is 2.31. The molecule has 0 bridgehead atoms. The van der Waals surface area contributed by atoms with Crippen LogP contribution in [0.25, 0.3) is 0 Å². The van der Waals surface area contributed by atoms with Gasteiger partial charge in [0.1, 0.15) is 0 Å². The summed E-state index contributed by atoms with van der Waals surface area (Å²) in [5.74, 6) is -0.802. The molecule has 1 heterocycles. The Morgan fingerprint density at radius 2 is 2.25 bits per heavy atom. The van der Waals surface area contributed by atoms with Crippen molar-refractivity contribution in [2.45, 2.75) is 32.7 Å². The molecule has 1 rings (SSSR count). The van der Waals surface area contributed by atoms with E-state index in [4.69, 9.17) is 5.11 Å². The van der Waals surface area contributed by atoms with Crippen LogP contribution in [-0.4, -0.2) is 20.6 Å². The van der Waals surface area contributed by atoms with Gasteiger partial charge < -0.3 is 5.11 Å². The Kier molecular flexibility index (Phi) is 4.91. The number of aromatic nitrogens is 2. The number of halogens is 1. The van der Waals surface area contributed by atoms with E-state index in [0.717, 1.165) is 5.69 Å². The second-order valence-corrected chi connectivity index (χ2v) is 4.57. The van der Waals surface area contributed by atoms with E-state index >= 15 is 0 Å². The molecule has 0 spiro atoms. The summed E-state index contributed by atoms with van der Waals surface area (Å²) < 4.78 is 2.15. The monoisotopic (exact) mass is 336 g/mol. The van der Waals surface area contributed by atoms with E-state index in [-0.39, 0.29) is 12.0 Å². The molecular formula is C10H13IN2O3. The van der Waals surface area contributed by atoms with Crippen molar-refractivity contribution in [3.63, 3.8) is 0 Å². The minimum Gasteiger partial charge on any atom is -0.481 e. The molecule has 0 amide bonds. The van der Waals surface area contributed by atoms with Gasteiger partial charge in [0.2, 0.25) is 0 Å². The van der Waals surface area contributed by atoms with Gasteiger partial charge in [-0.05, 0) is 42.4 Å². The van der Waals surface area contributed by atoms with Gasteiger partial charge in [-0.3, -0.25) is 14.2 Å². The first-order valence-corrected chi connectivity index (χ1v) is 6.03. The lowest BCUT2D eigenvalue weighted by Crippen LogP contribution is -2.24. The molecule has 0 aliphatic carbocycles. The van der Waals surface area contributed by atoms with E-state index < -0.39 is 5.97 Å². The summed E-state index contributed by atoms with van der Waals surface area (Å²) in [7, 11) is 0. The van der Waals surface area contributed by atoms with Gasteiger partial charge in [-0.2, -0.15) is 0 Å². The van der Waals surface area contributed by atoms with Gasteiger partial charge in [0.05, 0.1) is 15.6 Å². The van der Waals surface area contributed by atoms with Crippen LogP contribution in [0.4, 0.5) is 0 Å². The summed E-state index contributed by atoms with van der Waals surface area (Å²) in [5, 5.41) is 8.46. The first-order chi connectivity index (χ1) is 7.52. The van der Waals surface area contributed by atoms with Crippen LogP contribution in [0.15, 0.2) is 11.1 Å². The Morgan fingerprint density at radius 3 is 2.88 bits per heavy atom. The maximum absolute atomic E-state index is 11.7. The van der Waals surface area contributed by atoms with Crippen molar-refractivity contribution in [2.75, 3.05) is 0 Å². The third-order valence-corrected chi connectivity index (χ3v) is 3.44. The lowest BCUT2D eigenvalue weighted by atomic mass is 10.2. The average molecular weight is 336 g/mol. The van der Waals surface area contributed by atoms with Crippen molar-refractivity contribution >= 4 is 28.6 Å². The molecule has 16 heavy (non-hydrogen) atoms. The summed E-state index contributed by atoms with van der Waals surface area (Å²) in [4.78, 5) is 26.1. The molecule has 0 atom stereocenters. The van der Waals surface area contributed by atoms with E-state index in [1.54, 1.807) is 6.92 Å². The molecule has 0 aliphatic heterocycles. The minimum absolute atomic E-state index is 0.0524. The SMILES string of the molecule is Cc1ncn(CCCCC(=O)O)c(=O)c1I. The Hall–Kier alpha value is -0.920. The number of nitrogens with zero attached hydrogens (tertiary/aromatic N) is 2. The van der Waals surface area contributed by atoms with Gasteiger partial charge in [0, 0.05) is 13.0 Å². The van der Waals surface area contributed by atoms with Crippen LogP contribution < -0.4 is 5.56 Å². The van der Waals surface area contributed by atoms with Crippen LogP contribution >= 0.6 is 22.6 Å². The Morgan fingerprint density at radius 1 is 1.56 bits per heavy atom. The van der Waals surface area contributed by atoms with Gasteiger partial charge >= 0.3 is 5.97 Å². The lowest BCUT2D eigenvalue weighted by molar-refractivity contribution is -0.137. The fourth-order valence-corrected chi connectivity index (χ4v) is 1.71. The first-order valence-electron chi connectivity index (χ1n) is 4.95. The maximum atomic E-state index is 11.7. The number of carbonyl (C=O) groups is 1. The molecule has 0 aromatic carbocycles. The zero-order valence-electron chi connectivity index (χ0n) is 8.94. The molecular weight excluding hydrogens is 323 g/mol. The highest BCUT2D eigenvalue weighted by molar-refractivity contribution is 14.1. The predicted molar refractivity (Wildman–Crippen MR) is 67.4 cm³/mol. The van der Waals surface area contributed by atoms with E-state index in [0.29, 0.717) is 23.0 Å². The molecule has 0 fully saturated rings. The van der Waals surface area contributed by atoms with Crippen molar-refractivity contribution in [1.29, 1.82) is 0 Å². The lowest BCUT2D eigenvalue weighted by Gasteiger charge is -2.05. The summed E-state index contributed by atoms with van der Waals surface area (Å²) in [6, 6.07) is 0. The first kappa shape index (κ1) is 13.1. The van der Waals surface area contributed by atoms with Gasteiger partial charge in [-0.1, -0.05) is 0 Å². The number of aryl methyl sites for hydroxylation is 2. The molecule has 6 heteroatoms. The van der Waals surface area contributed by atoms with E-state index in [1.165, 1.54) is 10.9 Å². The summed E-state index contributed by atoms with van der Waals surface area (Å²) >= 11 is 1.98. The molecule has 1 aromatic heterocycles. The number of unbranched alkanes of at least 4 members (excludes halogenated alkanes) is 1. The van der Waals surface area contributed by atoms with Crippen molar-refractivity contribution in [2.24, 2.45) is 0 Å². The molecule has 5 nitrogen and oxygen atoms in total. The van der Waals surface area contributed by atoms with Crippen LogP contribution in [0.1, 0.15) is 25.0 Å².